The highest BCUT2D eigenvalue weighted by Gasteiger charge is 2.23. The molecule has 0 saturated carbocycles. The van der Waals surface area contributed by atoms with Crippen LogP contribution in [0.15, 0.2) is 23.1 Å². The van der Waals surface area contributed by atoms with Gasteiger partial charge in [0, 0.05) is 12.2 Å². The van der Waals surface area contributed by atoms with E-state index in [4.69, 9.17) is 5.73 Å². The first kappa shape index (κ1) is 15.3. The lowest BCUT2D eigenvalue weighted by molar-refractivity contribution is -0.149. The molecule has 1 aromatic rings. The molecule has 4 N–H and O–H groups in total. The molecule has 106 valence electrons. The molecule has 9 heteroatoms. The molecule has 0 saturated heterocycles. The molecule has 0 aliphatic heterocycles. The van der Waals surface area contributed by atoms with E-state index in [2.05, 4.69) is 4.74 Å². The van der Waals surface area contributed by atoms with Gasteiger partial charge in [-0.3, -0.25) is 0 Å². The summed E-state index contributed by atoms with van der Waals surface area (Å²) < 4.78 is 43.0. The van der Waals surface area contributed by atoms with E-state index in [-0.39, 0.29) is 5.69 Å². The molecule has 1 unspecified atom stereocenters. The molecule has 0 radical (unpaired) electrons. The van der Waals surface area contributed by atoms with E-state index >= 15 is 0 Å². The van der Waals surface area contributed by atoms with E-state index in [9.17, 15) is 22.7 Å². The predicted octanol–water partition coefficient (Wildman–Crippen LogP) is -0.780. The van der Waals surface area contributed by atoms with Crippen LogP contribution in [-0.2, 0) is 19.6 Å². The Bertz CT molecular complexity index is 575. The summed E-state index contributed by atoms with van der Waals surface area (Å²) >= 11 is 0. The molecule has 0 aliphatic rings. The number of carbonyl (C=O) groups is 1. The van der Waals surface area contributed by atoms with Gasteiger partial charge in [-0.2, -0.15) is 0 Å². The zero-order chi connectivity index (χ0) is 14.6. The molecule has 1 aromatic carbocycles. The largest absolute Gasteiger partial charge is 0.467 e. The molecule has 7 nitrogen and oxygen atoms in total. The zero-order valence-corrected chi connectivity index (χ0v) is 10.8. The van der Waals surface area contributed by atoms with Gasteiger partial charge in [0.05, 0.1) is 7.11 Å². The Kier molecular flexibility index (Phi) is 4.81. The molecule has 0 aliphatic carbocycles. The second-order valence-corrected chi connectivity index (χ2v) is 5.32. The number of hydrogen-bond donors (Lipinski definition) is 3. The van der Waals surface area contributed by atoms with Crippen LogP contribution in [-0.4, -0.2) is 39.3 Å². The molecule has 1 atom stereocenters. The number of aliphatic hydroxyl groups excluding tert-OH is 1. The smallest absolute Gasteiger partial charge is 0.336 e. The number of methoxy groups -OCH3 is 1. The highest BCUT2D eigenvalue weighted by atomic mass is 32.2. The van der Waals surface area contributed by atoms with Crippen molar-refractivity contribution < 1.29 is 27.4 Å². The lowest BCUT2D eigenvalue weighted by Crippen LogP contribution is -2.37. The van der Waals surface area contributed by atoms with Crippen LogP contribution < -0.4 is 10.5 Å². The van der Waals surface area contributed by atoms with Crippen LogP contribution in [0.1, 0.15) is 0 Å². The van der Waals surface area contributed by atoms with Gasteiger partial charge in [-0.1, -0.05) is 0 Å². The average Bonchev–Trinajstić information content (AvgIpc) is 2.37. The van der Waals surface area contributed by atoms with Gasteiger partial charge in [0.2, 0.25) is 10.0 Å². The van der Waals surface area contributed by atoms with Gasteiger partial charge in [-0.15, -0.1) is 0 Å². The highest BCUT2D eigenvalue weighted by Crippen LogP contribution is 2.17. The van der Waals surface area contributed by atoms with Crippen molar-refractivity contribution in [3.63, 3.8) is 0 Å². The van der Waals surface area contributed by atoms with E-state index in [1.54, 1.807) is 0 Å². The van der Waals surface area contributed by atoms with E-state index < -0.39 is 39.4 Å². The van der Waals surface area contributed by atoms with Crippen LogP contribution >= 0.6 is 0 Å². The average molecular weight is 292 g/mol. The first-order valence-corrected chi connectivity index (χ1v) is 6.57. The third-order valence-corrected chi connectivity index (χ3v) is 3.62. The first-order valence-electron chi connectivity index (χ1n) is 5.08. The minimum atomic E-state index is -4.22. The minimum Gasteiger partial charge on any atom is -0.467 e. The summed E-state index contributed by atoms with van der Waals surface area (Å²) in [5.74, 6) is -2.00. The monoisotopic (exact) mass is 292 g/mol. The summed E-state index contributed by atoms with van der Waals surface area (Å²) in [5.41, 5.74) is 5.43. The van der Waals surface area contributed by atoms with Crippen LogP contribution in [0.3, 0.4) is 0 Å². The van der Waals surface area contributed by atoms with E-state index in [1.807, 2.05) is 4.72 Å². The number of hydrogen-bond acceptors (Lipinski definition) is 6. The maximum atomic E-state index is 13.4. The summed E-state index contributed by atoms with van der Waals surface area (Å²) in [6.45, 7) is -0.636. The van der Waals surface area contributed by atoms with E-state index in [0.29, 0.717) is 0 Å². The van der Waals surface area contributed by atoms with Crippen molar-refractivity contribution >= 4 is 21.7 Å². The van der Waals surface area contributed by atoms with Crippen molar-refractivity contribution in [1.29, 1.82) is 0 Å². The third-order valence-electron chi connectivity index (χ3n) is 2.18. The molecule has 0 bridgehead atoms. The predicted molar refractivity (Wildman–Crippen MR) is 64.0 cm³/mol. The van der Waals surface area contributed by atoms with Gasteiger partial charge < -0.3 is 15.6 Å². The number of esters is 1. The van der Waals surface area contributed by atoms with Gasteiger partial charge in [-0.05, 0) is 18.2 Å². The summed E-state index contributed by atoms with van der Waals surface area (Å²) in [7, 11) is -3.18. The Morgan fingerprint density at radius 3 is 2.79 bits per heavy atom. The number of ether oxygens (including phenoxy) is 1. The normalized spacial score (nSPS) is 13.0. The molecular weight excluding hydrogens is 279 g/mol. The second kappa shape index (κ2) is 5.95. The Hall–Kier alpha value is -1.71. The van der Waals surface area contributed by atoms with Gasteiger partial charge in [-0.25, -0.2) is 22.3 Å². The van der Waals surface area contributed by atoms with Gasteiger partial charge in [0.25, 0.3) is 0 Å². The van der Waals surface area contributed by atoms with Gasteiger partial charge >= 0.3 is 5.97 Å². The van der Waals surface area contributed by atoms with Gasteiger partial charge in [0.1, 0.15) is 10.7 Å². The van der Waals surface area contributed by atoms with Crippen molar-refractivity contribution in [3.8, 4) is 0 Å². The van der Waals surface area contributed by atoms with Crippen molar-refractivity contribution in [1.82, 2.24) is 4.72 Å². The maximum absolute atomic E-state index is 13.4. The van der Waals surface area contributed by atoms with Crippen LogP contribution in [0, 0.1) is 5.82 Å². The molecule has 0 spiro atoms. The molecule has 0 fully saturated rings. The summed E-state index contributed by atoms with van der Waals surface area (Å²) in [4.78, 5) is 10.2. The topological polar surface area (TPSA) is 119 Å². The third kappa shape index (κ3) is 3.88. The second-order valence-electron chi connectivity index (χ2n) is 3.58. The number of sulfonamides is 1. The number of anilines is 1. The molecule has 19 heavy (non-hydrogen) atoms. The molecule has 0 heterocycles. The summed E-state index contributed by atoms with van der Waals surface area (Å²) in [6, 6.07) is 3.04. The number of nitrogens with one attached hydrogen (secondary N) is 1. The number of carbonyl (C=O) groups excluding carboxylic acids is 1. The number of benzene rings is 1. The fraction of sp³-hybridized carbons (Fsp3) is 0.300. The van der Waals surface area contributed by atoms with Gasteiger partial charge in [0.15, 0.2) is 6.10 Å². The van der Waals surface area contributed by atoms with Crippen LogP contribution in [0.25, 0.3) is 0 Å². The number of halogens is 1. The molecule has 1 rings (SSSR count). The molecule has 0 amide bonds. The first-order chi connectivity index (χ1) is 8.77. The Balaban J connectivity index is 2.87. The quantitative estimate of drug-likeness (QED) is 0.484. The Morgan fingerprint density at radius 1 is 1.58 bits per heavy atom. The molecular formula is C10H13FN2O5S. The lowest BCUT2D eigenvalue weighted by atomic mass is 10.3. The standard InChI is InChI=1S/C10H13FN2O5S/c1-18-10(15)8(14)5-13-19(16,17)9-4-6(12)2-3-7(9)11/h2-4,8,13-14H,5,12H2,1H3. The summed E-state index contributed by atoms with van der Waals surface area (Å²) in [6.07, 6.45) is -1.68. The van der Waals surface area contributed by atoms with Crippen molar-refractivity contribution in [2.24, 2.45) is 0 Å². The Morgan fingerprint density at radius 2 is 2.21 bits per heavy atom. The van der Waals surface area contributed by atoms with Crippen molar-refractivity contribution in [2.45, 2.75) is 11.0 Å². The van der Waals surface area contributed by atoms with Crippen molar-refractivity contribution in [2.75, 3.05) is 19.4 Å². The maximum Gasteiger partial charge on any atom is 0.336 e. The number of nitrogens with two attached hydrogens (primary N) is 1. The zero-order valence-electron chi connectivity index (χ0n) is 9.96. The van der Waals surface area contributed by atoms with Crippen LogP contribution in [0.2, 0.25) is 0 Å². The lowest BCUT2D eigenvalue weighted by Gasteiger charge is -2.11. The fourth-order valence-electron chi connectivity index (χ4n) is 1.21. The number of aliphatic hydroxyl groups is 1. The number of rotatable bonds is 5. The minimum absolute atomic E-state index is 0.0651. The molecule has 0 aromatic heterocycles. The van der Waals surface area contributed by atoms with Crippen molar-refractivity contribution in [3.05, 3.63) is 24.0 Å². The summed E-state index contributed by atoms with van der Waals surface area (Å²) in [5, 5.41) is 9.23. The Labute approximate surface area is 109 Å². The van der Waals surface area contributed by atoms with Crippen LogP contribution in [0.4, 0.5) is 10.1 Å². The van der Waals surface area contributed by atoms with E-state index in [1.165, 1.54) is 6.07 Å². The SMILES string of the molecule is COC(=O)C(O)CNS(=O)(=O)c1cc(N)ccc1F. The number of nitrogen functional groups attached to an aromatic ring is 1. The van der Waals surface area contributed by atoms with Crippen LogP contribution in [0.5, 0.6) is 0 Å². The highest BCUT2D eigenvalue weighted by molar-refractivity contribution is 7.89. The van der Waals surface area contributed by atoms with E-state index in [0.717, 1.165) is 19.2 Å². The fourth-order valence-corrected chi connectivity index (χ4v) is 2.36.